The second-order valence-electron chi connectivity index (χ2n) is 28.1. The molecule has 4 amide bonds. The Morgan fingerprint density at radius 3 is 1.05 bits per heavy atom. The molecule has 9 rings (SSSR count). The Hall–Kier alpha value is -3.72. The van der Waals surface area contributed by atoms with Crippen LogP contribution in [0.2, 0.25) is 0 Å². The van der Waals surface area contributed by atoms with Crippen LogP contribution in [0.25, 0.3) is 0 Å². The molecule has 636 valence electrons. The van der Waals surface area contributed by atoms with E-state index in [1.54, 1.807) is 0 Å². The standard InChI is InChI=1S/C62H104N4O44/c1-14-31(77)39(85)43(89)58(95-14)108-51-30(66-19(6)76)57(103-25(12-72)49(51)106-60-45(91)41(87)33(79)20(7-67)98-60)109-52-35(81)22(9-69)99-61(46(52)92)104-47-23(10-70)101-55(27(37(47)83)63-16(3)73)94-13-26-36(82)50(29(54(93)97-26)65-18(5)75)107-56-28(64-17(4)74)38(84)48(24(11-71)102-56)105-62-53(42(88)34(80)21(8-68)100-62)110-59-44(90)40(86)32(78)15(2)96-59/h14-15,20-62,67-72,77-93H,7-13H2,1-6H3,(H,63,73)(H,64,74)(H,65,75)(H,66,76)/t14-,15-,20+,21+,22+,23+,24+,25+,26+,27+,28+,29+,30+,31+,32+,33-,34-,35-,36-,37+,38+,39+,40+,41-,42-,43-,44-,45+,46+,47+,48+,49+,50+,51+,52-,53+,54?,55+,56-,57-,58-,59-,60-,61-,62-/m0/s1. The van der Waals surface area contributed by atoms with Gasteiger partial charge in [-0.25, -0.2) is 0 Å². The molecule has 9 heterocycles. The molecule has 9 saturated heterocycles. The number of hydrogen-bond donors (Lipinski definition) is 27. The Balaban J connectivity index is 0.930. The number of rotatable bonds is 27. The lowest BCUT2D eigenvalue weighted by Crippen LogP contribution is -2.71. The molecule has 9 fully saturated rings. The fourth-order valence-corrected chi connectivity index (χ4v) is 14.3. The van der Waals surface area contributed by atoms with E-state index in [1.807, 2.05) is 0 Å². The summed E-state index contributed by atoms with van der Waals surface area (Å²) in [6, 6.07) is -7.39. The van der Waals surface area contributed by atoms with Gasteiger partial charge in [0, 0.05) is 27.7 Å². The predicted octanol–water partition coefficient (Wildman–Crippen LogP) is -18.0. The van der Waals surface area contributed by atoms with Gasteiger partial charge in [-0.05, 0) is 13.8 Å². The fourth-order valence-electron chi connectivity index (χ4n) is 14.3. The lowest BCUT2D eigenvalue weighted by Gasteiger charge is -2.52. The molecule has 9 aliphatic heterocycles. The number of aliphatic hydroxyl groups is 23. The summed E-state index contributed by atoms with van der Waals surface area (Å²) in [5, 5.41) is 264. The lowest BCUT2D eigenvalue weighted by molar-refractivity contribution is -0.390. The highest BCUT2D eigenvalue weighted by Crippen LogP contribution is 2.40. The molecule has 0 bridgehead atoms. The zero-order valence-corrected chi connectivity index (χ0v) is 59.8. The van der Waals surface area contributed by atoms with Gasteiger partial charge >= 0.3 is 0 Å². The Morgan fingerprint density at radius 1 is 0.255 bits per heavy atom. The third-order valence-corrected chi connectivity index (χ3v) is 20.3. The minimum absolute atomic E-state index is 0.870. The van der Waals surface area contributed by atoms with Crippen LogP contribution in [0, 0.1) is 0 Å². The summed E-state index contributed by atoms with van der Waals surface area (Å²) in [7, 11) is 0. The van der Waals surface area contributed by atoms with E-state index in [9.17, 15) is 137 Å². The maximum absolute atomic E-state index is 13.2. The average Bonchev–Trinajstić information content (AvgIpc) is 0.767. The van der Waals surface area contributed by atoms with E-state index in [2.05, 4.69) is 21.3 Å². The summed E-state index contributed by atoms with van der Waals surface area (Å²) in [4.78, 5) is 51.8. The normalized spacial score (nSPS) is 49.6. The van der Waals surface area contributed by atoms with E-state index in [1.165, 1.54) is 13.8 Å². The molecule has 0 saturated carbocycles. The minimum Gasteiger partial charge on any atom is -0.394 e. The summed E-state index contributed by atoms with van der Waals surface area (Å²) in [5.41, 5.74) is 0. The first-order chi connectivity index (χ1) is 51.9. The van der Waals surface area contributed by atoms with E-state index in [0.29, 0.717) is 0 Å². The number of carbonyl (C=O) groups excluding carboxylic acids is 4. The highest BCUT2D eigenvalue weighted by molar-refractivity contribution is 5.74. The monoisotopic (exact) mass is 1610 g/mol. The van der Waals surface area contributed by atoms with Gasteiger partial charge < -0.3 is 219 Å². The van der Waals surface area contributed by atoms with Crippen LogP contribution in [0.5, 0.6) is 0 Å². The first-order valence-electron chi connectivity index (χ1n) is 35.3. The van der Waals surface area contributed by atoms with Crippen LogP contribution in [0.3, 0.4) is 0 Å². The van der Waals surface area contributed by atoms with E-state index in [-0.39, 0.29) is 0 Å². The Kier molecular flexibility index (Phi) is 32.0. The van der Waals surface area contributed by atoms with Crippen molar-refractivity contribution in [3.05, 3.63) is 0 Å². The number of ether oxygens (including phenoxy) is 17. The SMILES string of the molecule is CC(=O)N[C@H]1[C@H](OC[C@H]2OC(O)[C@H](NC(C)=O)[C@@H](O[C@@H]3O[C@H](CO)[C@@H](O[C@@H]4O[C@H](CO)[C@H](O)[C@H](O)[C@H]4O[C@@H]4O[C@@H](C)[C@@H](O)[C@@H](O)[C@@H]4O)[C@H](O)[C@H]3NC(C)=O)[C@H]2O)O[C@H](CO)[C@@H](O[C@@H]2O[C@H](CO)[C@H](O)[C@H](O[C@@H]3O[C@H](CO)[C@@H](O[C@@H]4O[C@H](CO)[C@H](O)[C@H](O)[C@H]4O)[C@H](O[C@@H]4O[C@@H](C)[C@@H](O)[C@@H](O)[C@@H]4O)[C@H]3NC(C)=O)[C@H]2O)[C@@H]1O. The molecule has 0 radical (unpaired) electrons. The van der Waals surface area contributed by atoms with E-state index >= 15 is 0 Å². The molecular weight excluding hydrogens is 1500 g/mol. The highest BCUT2D eigenvalue weighted by Gasteiger charge is 2.61. The zero-order chi connectivity index (χ0) is 81.1. The van der Waals surface area contributed by atoms with Crippen LogP contribution in [0.4, 0.5) is 0 Å². The second kappa shape index (κ2) is 39.0. The van der Waals surface area contributed by atoms with Crippen molar-refractivity contribution in [1.82, 2.24) is 21.3 Å². The Morgan fingerprint density at radius 2 is 0.573 bits per heavy atom. The first-order valence-corrected chi connectivity index (χ1v) is 35.3. The summed E-state index contributed by atoms with van der Waals surface area (Å²) < 4.78 is 101. The van der Waals surface area contributed by atoms with Crippen molar-refractivity contribution >= 4 is 23.6 Å². The molecule has 9 aliphatic rings. The number of nitrogens with one attached hydrogen (secondary N) is 4. The third-order valence-electron chi connectivity index (χ3n) is 20.3. The quantitative estimate of drug-likeness (QED) is 0.0363. The maximum atomic E-state index is 13.2. The fraction of sp³-hybridized carbons (Fsp3) is 0.935. The van der Waals surface area contributed by atoms with Crippen LogP contribution in [-0.4, -0.2) is 463 Å². The van der Waals surface area contributed by atoms with E-state index in [0.717, 1.165) is 27.7 Å². The van der Waals surface area contributed by atoms with Crippen LogP contribution in [-0.2, 0) is 99.7 Å². The molecule has 0 aromatic carbocycles. The molecule has 0 aromatic heterocycles. The van der Waals surface area contributed by atoms with E-state index in [4.69, 9.17) is 80.5 Å². The summed E-state index contributed by atoms with van der Waals surface area (Å²) in [5.74, 6) is -3.60. The predicted molar refractivity (Wildman–Crippen MR) is 341 cm³/mol. The molecular formula is C62H104N4O44. The summed E-state index contributed by atoms with van der Waals surface area (Å²) >= 11 is 0. The molecule has 0 spiro atoms. The minimum atomic E-state index is -2.36. The van der Waals surface area contributed by atoms with Crippen molar-refractivity contribution < 1.29 is 217 Å². The lowest BCUT2D eigenvalue weighted by atomic mass is 9.93. The van der Waals surface area contributed by atoms with Gasteiger partial charge in [0.15, 0.2) is 56.6 Å². The molecule has 27 N–H and O–H groups in total. The third kappa shape index (κ3) is 19.8. The molecule has 1 unspecified atom stereocenters. The van der Waals surface area contributed by atoms with E-state index < -0.39 is 346 Å². The van der Waals surface area contributed by atoms with Crippen LogP contribution in [0.15, 0.2) is 0 Å². The Labute approximate surface area is 624 Å². The zero-order valence-electron chi connectivity index (χ0n) is 59.8. The van der Waals surface area contributed by atoms with Crippen molar-refractivity contribution in [3.8, 4) is 0 Å². The summed E-state index contributed by atoms with van der Waals surface area (Å²) in [6.07, 6.45) is -79.6. The number of hydrogen-bond acceptors (Lipinski definition) is 44. The highest BCUT2D eigenvalue weighted by atomic mass is 16.8. The molecule has 0 aliphatic carbocycles. The van der Waals surface area contributed by atoms with Gasteiger partial charge in [-0.2, -0.15) is 0 Å². The van der Waals surface area contributed by atoms with Crippen molar-refractivity contribution in [1.29, 1.82) is 0 Å². The molecule has 110 heavy (non-hydrogen) atoms. The average molecular weight is 1610 g/mol. The topological polar surface area (TPSA) is 739 Å². The van der Waals surface area contributed by atoms with Crippen molar-refractivity contribution in [2.24, 2.45) is 0 Å². The molecule has 0 aromatic rings. The van der Waals surface area contributed by atoms with Crippen molar-refractivity contribution in [3.63, 3.8) is 0 Å². The molecule has 48 nitrogen and oxygen atoms in total. The van der Waals surface area contributed by atoms with Gasteiger partial charge in [-0.1, -0.05) is 0 Å². The molecule has 48 heteroatoms. The summed E-state index contributed by atoms with van der Waals surface area (Å²) in [6.45, 7) is -0.895. The molecule has 45 atom stereocenters. The van der Waals surface area contributed by atoms with Crippen molar-refractivity contribution in [2.45, 2.75) is 318 Å². The first kappa shape index (κ1) is 90.2. The van der Waals surface area contributed by atoms with Crippen LogP contribution < -0.4 is 21.3 Å². The van der Waals surface area contributed by atoms with Crippen molar-refractivity contribution in [2.75, 3.05) is 46.2 Å². The van der Waals surface area contributed by atoms with Crippen LogP contribution in [0.1, 0.15) is 41.5 Å². The van der Waals surface area contributed by atoms with Gasteiger partial charge in [0.1, 0.15) is 207 Å². The maximum Gasteiger partial charge on any atom is 0.217 e. The van der Waals surface area contributed by atoms with Gasteiger partial charge in [0.25, 0.3) is 0 Å². The van der Waals surface area contributed by atoms with Gasteiger partial charge in [-0.15, -0.1) is 0 Å². The Bertz CT molecular complexity index is 2930. The second-order valence-corrected chi connectivity index (χ2v) is 28.1. The number of carbonyl (C=O) groups is 4. The van der Waals surface area contributed by atoms with Gasteiger partial charge in [-0.3, -0.25) is 19.2 Å². The smallest absolute Gasteiger partial charge is 0.217 e. The van der Waals surface area contributed by atoms with Gasteiger partial charge in [0.2, 0.25) is 23.6 Å². The number of aliphatic hydroxyl groups excluding tert-OH is 23. The van der Waals surface area contributed by atoms with Gasteiger partial charge in [0.05, 0.1) is 58.5 Å². The van der Waals surface area contributed by atoms with Crippen LogP contribution >= 0.6 is 0 Å². The largest absolute Gasteiger partial charge is 0.394 e. The number of amides is 4.